The summed E-state index contributed by atoms with van der Waals surface area (Å²) in [7, 11) is -4.37. The maximum atomic E-state index is 14.9. The zero-order valence-electron chi connectivity index (χ0n) is 17.6. The van der Waals surface area contributed by atoms with E-state index < -0.39 is 26.7 Å². The Hall–Kier alpha value is -2.75. The molecule has 3 aromatic rings. The number of hydrogen-bond acceptors (Lipinski definition) is 5. The van der Waals surface area contributed by atoms with Crippen LogP contribution in [0.3, 0.4) is 0 Å². The second kappa shape index (κ2) is 10.0. The van der Waals surface area contributed by atoms with Gasteiger partial charge in [-0.05, 0) is 55.8 Å². The highest BCUT2D eigenvalue weighted by Crippen LogP contribution is 2.32. The van der Waals surface area contributed by atoms with Gasteiger partial charge in [-0.1, -0.05) is 48.0 Å². The summed E-state index contributed by atoms with van der Waals surface area (Å²) in [6.45, 7) is 2.68. The third-order valence-electron chi connectivity index (χ3n) is 5.44. The van der Waals surface area contributed by atoms with Crippen LogP contribution in [0.25, 0.3) is 0 Å². The Morgan fingerprint density at radius 2 is 1.76 bits per heavy atom. The second-order valence-electron chi connectivity index (χ2n) is 7.83. The van der Waals surface area contributed by atoms with Gasteiger partial charge in [-0.3, -0.25) is 4.72 Å². The van der Waals surface area contributed by atoms with Gasteiger partial charge < -0.3 is 10.2 Å². The SMILES string of the molecule is O=S(=O)(Nc1cccc(F)n1)c1cc(Cl)c(N[C@H](CN2CCCC2)c2ccccc2)cc1F. The predicted molar refractivity (Wildman–Crippen MR) is 125 cm³/mol. The van der Waals surface area contributed by atoms with E-state index in [2.05, 4.69) is 19.9 Å². The molecular weight excluding hydrogens is 470 g/mol. The third kappa shape index (κ3) is 5.79. The molecule has 0 saturated carbocycles. The van der Waals surface area contributed by atoms with Gasteiger partial charge in [-0.25, -0.2) is 17.8 Å². The smallest absolute Gasteiger partial charge is 0.266 e. The van der Waals surface area contributed by atoms with Crippen LogP contribution in [0.2, 0.25) is 5.02 Å². The molecule has 1 aliphatic rings. The first-order valence-corrected chi connectivity index (χ1v) is 12.4. The molecule has 0 radical (unpaired) electrons. The number of benzene rings is 2. The van der Waals surface area contributed by atoms with Crippen LogP contribution in [0, 0.1) is 11.8 Å². The number of anilines is 2. The molecule has 2 heterocycles. The molecule has 33 heavy (non-hydrogen) atoms. The Morgan fingerprint density at radius 1 is 1.03 bits per heavy atom. The number of rotatable bonds is 8. The van der Waals surface area contributed by atoms with Crippen LogP contribution in [0.1, 0.15) is 24.4 Å². The van der Waals surface area contributed by atoms with Crippen LogP contribution in [0.15, 0.2) is 65.6 Å². The molecule has 0 unspecified atom stereocenters. The van der Waals surface area contributed by atoms with E-state index in [1.54, 1.807) is 0 Å². The minimum Gasteiger partial charge on any atom is -0.376 e. The molecule has 174 valence electrons. The predicted octanol–water partition coefficient (Wildman–Crippen LogP) is 5.06. The van der Waals surface area contributed by atoms with Crippen molar-refractivity contribution in [3.63, 3.8) is 0 Å². The molecule has 0 spiro atoms. The second-order valence-corrected chi connectivity index (χ2v) is 9.89. The quantitative estimate of drug-likeness (QED) is 0.430. The maximum Gasteiger partial charge on any atom is 0.266 e. The van der Waals surface area contributed by atoms with E-state index in [9.17, 15) is 17.2 Å². The number of likely N-dealkylation sites (tertiary alicyclic amines) is 1. The zero-order chi connectivity index (χ0) is 23.4. The summed E-state index contributed by atoms with van der Waals surface area (Å²) in [5.41, 5.74) is 1.29. The van der Waals surface area contributed by atoms with E-state index in [4.69, 9.17) is 11.6 Å². The van der Waals surface area contributed by atoms with Crippen LogP contribution < -0.4 is 10.0 Å². The summed E-state index contributed by atoms with van der Waals surface area (Å²) >= 11 is 6.37. The largest absolute Gasteiger partial charge is 0.376 e. The van der Waals surface area contributed by atoms with Gasteiger partial charge in [0, 0.05) is 6.54 Å². The lowest BCUT2D eigenvalue weighted by Crippen LogP contribution is -2.29. The van der Waals surface area contributed by atoms with Crippen LogP contribution in [-0.4, -0.2) is 37.9 Å². The van der Waals surface area contributed by atoms with Gasteiger partial charge in [-0.2, -0.15) is 4.39 Å². The Morgan fingerprint density at radius 3 is 2.45 bits per heavy atom. The number of halogens is 3. The molecule has 1 fully saturated rings. The molecule has 1 aromatic heterocycles. The maximum absolute atomic E-state index is 14.9. The van der Waals surface area contributed by atoms with E-state index in [0.29, 0.717) is 6.54 Å². The van der Waals surface area contributed by atoms with Crippen molar-refractivity contribution in [3.8, 4) is 0 Å². The highest BCUT2D eigenvalue weighted by Gasteiger charge is 2.24. The lowest BCUT2D eigenvalue weighted by Gasteiger charge is -2.26. The Labute approximate surface area is 196 Å². The third-order valence-corrected chi connectivity index (χ3v) is 7.12. The van der Waals surface area contributed by atoms with Crippen molar-refractivity contribution < 1.29 is 17.2 Å². The molecule has 0 bridgehead atoms. The summed E-state index contributed by atoms with van der Waals surface area (Å²) in [5, 5.41) is 3.32. The number of nitrogens with zero attached hydrogens (tertiary/aromatic N) is 2. The zero-order valence-corrected chi connectivity index (χ0v) is 19.2. The van der Waals surface area contributed by atoms with Crippen molar-refractivity contribution in [2.75, 3.05) is 29.7 Å². The molecule has 4 rings (SSSR count). The molecule has 1 saturated heterocycles. The standard InChI is InChI=1S/C23H23ClF2N4O2S/c24-17-13-21(33(31,32)29-23-10-6-9-22(26)28-23)18(25)14-19(17)27-20(15-30-11-4-5-12-30)16-7-2-1-3-8-16/h1-3,6-10,13-14,20,27H,4-5,11-12,15H2,(H,28,29)/t20-/m1/s1. The first-order chi connectivity index (χ1) is 15.8. The topological polar surface area (TPSA) is 74.3 Å². The Kier molecular flexibility index (Phi) is 7.11. The fraction of sp³-hybridized carbons (Fsp3) is 0.261. The molecule has 1 atom stereocenters. The van der Waals surface area contributed by atoms with Gasteiger partial charge in [0.1, 0.15) is 16.5 Å². The minimum absolute atomic E-state index is 0.0475. The molecule has 2 aromatic carbocycles. The molecule has 0 aliphatic carbocycles. The number of aromatic nitrogens is 1. The number of hydrogen-bond donors (Lipinski definition) is 2. The fourth-order valence-corrected chi connectivity index (χ4v) is 5.20. The highest BCUT2D eigenvalue weighted by molar-refractivity contribution is 7.92. The lowest BCUT2D eigenvalue weighted by atomic mass is 10.1. The van der Waals surface area contributed by atoms with E-state index in [0.717, 1.165) is 49.7 Å². The van der Waals surface area contributed by atoms with Gasteiger partial charge in [0.25, 0.3) is 10.0 Å². The highest BCUT2D eigenvalue weighted by atomic mass is 35.5. The number of pyridine rings is 1. The summed E-state index contributed by atoms with van der Waals surface area (Å²) in [6, 6.07) is 15.3. The van der Waals surface area contributed by atoms with E-state index >= 15 is 0 Å². The van der Waals surface area contributed by atoms with Crippen molar-refractivity contribution in [2.45, 2.75) is 23.8 Å². The monoisotopic (exact) mass is 492 g/mol. The molecular formula is C23H23ClF2N4O2S. The molecule has 0 amide bonds. The van der Waals surface area contributed by atoms with Crippen molar-refractivity contribution >= 4 is 33.1 Å². The Bertz CT molecular complexity index is 1220. The average molecular weight is 493 g/mol. The fourth-order valence-electron chi connectivity index (χ4n) is 3.83. The first kappa shape index (κ1) is 23.4. The van der Waals surface area contributed by atoms with Gasteiger partial charge in [-0.15, -0.1) is 0 Å². The van der Waals surface area contributed by atoms with Crippen molar-refractivity contribution in [1.29, 1.82) is 0 Å². The van der Waals surface area contributed by atoms with Crippen LogP contribution in [0.4, 0.5) is 20.3 Å². The van der Waals surface area contributed by atoms with Crippen molar-refractivity contribution in [1.82, 2.24) is 9.88 Å². The van der Waals surface area contributed by atoms with Crippen LogP contribution in [0.5, 0.6) is 0 Å². The summed E-state index contributed by atoms with van der Waals surface area (Å²) in [5.74, 6) is -2.11. The van der Waals surface area contributed by atoms with Gasteiger partial charge in [0.15, 0.2) is 0 Å². The average Bonchev–Trinajstić information content (AvgIpc) is 3.29. The van der Waals surface area contributed by atoms with Gasteiger partial charge >= 0.3 is 0 Å². The van der Waals surface area contributed by atoms with Gasteiger partial charge in [0.05, 0.1) is 16.8 Å². The number of sulfonamides is 1. The normalized spacial score (nSPS) is 15.4. The first-order valence-electron chi connectivity index (χ1n) is 10.5. The van der Waals surface area contributed by atoms with E-state index in [1.807, 2.05) is 30.3 Å². The minimum atomic E-state index is -4.37. The van der Waals surface area contributed by atoms with Gasteiger partial charge in [0.2, 0.25) is 5.95 Å². The summed E-state index contributed by atoms with van der Waals surface area (Å²) < 4.78 is 55.7. The molecule has 6 nitrogen and oxygen atoms in total. The Balaban J connectivity index is 1.60. The molecule has 1 aliphatic heterocycles. The number of nitrogens with one attached hydrogen (secondary N) is 2. The van der Waals surface area contributed by atoms with E-state index in [1.165, 1.54) is 12.1 Å². The van der Waals surface area contributed by atoms with Crippen LogP contribution in [-0.2, 0) is 10.0 Å². The van der Waals surface area contributed by atoms with Crippen LogP contribution >= 0.6 is 11.6 Å². The van der Waals surface area contributed by atoms with Crippen molar-refractivity contribution in [3.05, 3.63) is 83.0 Å². The summed E-state index contributed by atoms with van der Waals surface area (Å²) in [6.07, 6.45) is 2.27. The molecule has 2 N–H and O–H groups in total. The lowest BCUT2D eigenvalue weighted by molar-refractivity contribution is 0.323. The van der Waals surface area contributed by atoms with Crippen molar-refractivity contribution in [2.24, 2.45) is 0 Å². The molecule has 10 heteroatoms. The van der Waals surface area contributed by atoms with E-state index in [-0.39, 0.29) is 22.6 Å². The summed E-state index contributed by atoms with van der Waals surface area (Å²) in [4.78, 5) is 5.12.